The number of nitrogens with two attached hydrogens (primary N) is 1. The van der Waals surface area contributed by atoms with Gasteiger partial charge in [0, 0.05) is 18.9 Å². The molecule has 5 nitrogen and oxygen atoms in total. The van der Waals surface area contributed by atoms with Crippen molar-refractivity contribution in [2.45, 2.75) is 17.7 Å². The highest BCUT2D eigenvalue weighted by molar-refractivity contribution is 7.91. The molecule has 20 heavy (non-hydrogen) atoms. The number of hydrogen-bond donors (Lipinski definition) is 2. The molecule has 0 atom stereocenters. The fourth-order valence-corrected chi connectivity index (χ4v) is 3.94. The maximum absolute atomic E-state index is 12.2. The smallest absolute Gasteiger partial charge is 0.250 e. The SMILES string of the molecule is Cc1cnccc1CNS(=O)(=O)c1ccc(C(N)=S)s1. The van der Waals surface area contributed by atoms with Crippen molar-refractivity contribution >= 4 is 38.6 Å². The lowest BCUT2D eigenvalue weighted by atomic mass is 10.2. The fraction of sp³-hybridized carbons (Fsp3) is 0.167. The van der Waals surface area contributed by atoms with Gasteiger partial charge in [0.15, 0.2) is 0 Å². The van der Waals surface area contributed by atoms with E-state index < -0.39 is 10.0 Å². The van der Waals surface area contributed by atoms with Crippen molar-refractivity contribution in [3.8, 4) is 0 Å². The molecule has 8 heteroatoms. The lowest BCUT2D eigenvalue weighted by Gasteiger charge is -2.06. The molecule has 2 aromatic heterocycles. The maximum Gasteiger partial charge on any atom is 0.250 e. The minimum Gasteiger partial charge on any atom is -0.389 e. The Morgan fingerprint density at radius 1 is 1.45 bits per heavy atom. The van der Waals surface area contributed by atoms with E-state index in [1.165, 1.54) is 6.07 Å². The molecule has 0 aliphatic rings. The summed E-state index contributed by atoms with van der Waals surface area (Å²) < 4.78 is 27.1. The van der Waals surface area contributed by atoms with Gasteiger partial charge in [-0.25, -0.2) is 13.1 Å². The van der Waals surface area contributed by atoms with E-state index in [2.05, 4.69) is 9.71 Å². The first kappa shape index (κ1) is 15.0. The van der Waals surface area contributed by atoms with Gasteiger partial charge in [-0.2, -0.15) is 0 Å². The van der Waals surface area contributed by atoms with Crippen LogP contribution in [0.5, 0.6) is 0 Å². The van der Waals surface area contributed by atoms with E-state index in [0.29, 0.717) is 4.88 Å². The van der Waals surface area contributed by atoms with Crippen molar-refractivity contribution in [1.82, 2.24) is 9.71 Å². The summed E-state index contributed by atoms with van der Waals surface area (Å²) in [5.41, 5.74) is 7.29. The minimum absolute atomic E-state index is 0.196. The molecule has 0 spiro atoms. The quantitative estimate of drug-likeness (QED) is 0.814. The Hall–Kier alpha value is -1.35. The molecule has 0 aliphatic heterocycles. The summed E-state index contributed by atoms with van der Waals surface area (Å²) in [4.78, 5) is 4.75. The number of aryl methyl sites for hydroxylation is 1. The van der Waals surface area contributed by atoms with E-state index >= 15 is 0 Å². The highest BCUT2D eigenvalue weighted by Crippen LogP contribution is 2.21. The third-order valence-electron chi connectivity index (χ3n) is 2.68. The Kier molecular flexibility index (Phi) is 4.48. The van der Waals surface area contributed by atoms with E-state index in [-0.39, 0.29) is 15.7 Å². The lowest BCUT2D eigenvalue weighted by Crippen LogP contribution is -2.22. The van der Waals surface area contributed by atoms with Gasteiger partial charge in [0.2, 0.25) is 10.0 Å². The van der Waals surface area contributed by atoms with Crippen molar-refractivity contribution in [2.75, 3.05) is 0 Å². The summed E-state index contributed by atoms with van der Waals surface area (Å²) in [5.74, 6) is 0. The van der Waals surface area contributed by atoms with Crippen molar-refractivity contribution in [3.05, 3.63) is 46.6 Å². The van der Waals surface area contributed by atoms with Gasteiger partial charge in [-0.15, -0.1) is 11.3 Å². The predicted molar refractivity (Wildman–Crippen MR) is 83.2 cm³/mol. The van der Waals surface area contributed by atoms with Crippen LogP contribution in [0.25, 0.3) is 0 Å². The highest BCUT2D eigenvalue weighted by atomic mass is 32.2. The number of thiophene rings is 1. The normalized spacial score (nSPS) is 11.4. The number of nitrogens with one attached hydrogen (secondary N) is 1. The fourth-order valence-electron chi connectivity index (χ4n) is 1.54. The number of sulfonamides is 1. The van der Waals surface area contributed by atoms with E-state index in [1.807, 2.05) is 6.92 Å². The minimum atomic E-state index is -3.55. The van der Waals surface area contributed by atoms with Crippen molar-refractivity contribution in [3.63, 3.8) is 0 Å². The van der Waals surface area contributed by atoms with Gasteiger partial charge >= 0.3 is 0 Å². The van der Waals surface area contributed by atoms with E-state index in [0.717, 1.165) is 22.5 Å². The van der Waals surface area contributed by atoms with Crippen LogP contribution < -0.4 is 10.5 Å². The average molecular weight is 327 g/mol. The molecule has 0 radical (unpaired) electrons. The summed E-state index contributed by atoms with van der Waals surface area (Å²) in [6, 6.07) is 4.90. The number of aromatic nitrogens is 1. The van der Waals surface area contributed by atoms with Crippen LogP contribution in [0.2, 0.25) is 0 Å². The topological polar surface area (TPSA) is 85.1 Å². The number of thiocarbonyl (C=S) groups is 1. The van der Waals surface area contributed by atoms with Crippen LogP contribution in [0.1, 0.15) is 16.0 Å². The lowest BCUT2D eigenvalue weighted by molar-refractivity contribution is 0.583. The third-order valence-corrected chi connectivity index (χ3v) is 6.04. The third kappa shape index (κ3) is 3.40. The van der Waals surface area contributed by atoms with Crippen LogP contribution in [-0.2, 0) is 16.6 Å². The van der Waals surface area contributed by atoms with Gasteiger partial charge in [0.1, 0.15) is 9.20 Å². The van der Waals surface area contributed by atoms with Crippen molar-refractivity contribution < 1.29 is 8.42 Å². The van der Waals surface area contributed by atoms with Crippen LogP contribution in [0.15, 0.2) is 34.8 Å². The van der Waals surface area contributed by atoms with Crippen LogP contribution in [0, 0.1) is 6.92 Å². The molecule has 0 fully saturated rings. The largest absolute Gasteiger partial charge is 0.389 e. The summed E-state index contributed by atoms with van der Waals surface area (Å²) in [5, 5.41) is 0. The van der Waals surface area contributed by atoms with Crippen molar-refractivity contribution in [2.24, 2.45) is 5.73 Å². The zero-order chi connectivity index (χ0) is 14.8. The van der Waals surface area contributed by atoms with Gasteiger partial charge in [-0.05, 0) is 36.2 Å². The van der Waals surface area contributed by atoms with Crippen molar-refractivity contribution in [1.29, 1.82) is 0 Å². The van der Waals surface area contributed by atoms with Crippen LogP contribution >= 0.6 is 23.6 Å². The second-order valence-electron chi connectivity index (χ2n) is 4.11. The summed E-state index contributed by atoms with van der Waals surface area (Å²) in [6.45, 7) is 2.10. The molecule has 106 valence electrons. The molecule has 2 aromatic rings. The number of nitrogens with zero attached hydrogens (tertiary/aromatic N) is 1. The average Bonchev–Trinajstić information content (AvgIpc) is 2.88. The van der Waals surface area contributed by atoms with Gasteiger partial charge in [0.05, 0.1) is 4.88 Å². The number of rotatable bonds is 5. The Labute approximate surface area is 126 Å². The molecule has 0 bridgehead atoms. The zero-order valence-corrected chi connectivity index (χ0v) is 13.1. The predicted octanol–water partition coefficient (Wildman–Crippen LogP) is 1.56. The molecule has 0 aromatic carbocycles. The molecule has 3 N–H and O–H groups in total. The molecule has 2 rings (SSSR count). The molecule has 0 unspecified atom stereocenters. The molecular weight excluding hydrogens is 314 g/mol. The Bertz CT molecular complexity index is 738. The molecule has 2 heterocycles. The molecule has 0 aliphatic carbocycles. The number of pyridine rings is 1. The second kappa shape index (κ2) is 5.96. The molecule has 0 amide bonds. The van der Waals surface area contributed by atoms with E-state index in [4.69, 9.17) is 18.0 Å². The maximum atomic E-state index is 12.2. The summed E-state index contributed by atoms with van der Waals surface area (Å²) in [6.07, 6.45) is 3.33. The van der Waals surface area contributed by atoms with Crippen LogP contribution in [-0.4, -0.2) is 18.4 Å². The first-order chi connectivity index (χ1) is 9.40. The number of hydrogen-bond acceptors (Lipinski definition) is 5. The van der Waals surface area contributed by atoms with Gasteiger partial charge in [0.25, 0.3) is 0 Å². The molecule has 0 saturated heterocycles. The first-order valence-corrected chi connectivity index (χ1v) is 8.40. The summed E-state index contributed by atoms with van der Waals surface area (Å²) >= 11 is 5.88. The highest BCUT2D eigenvalue weighted by Gasteiger charge is 2.17. The second-order valence-corrected chi connectivity index (χ2v) is 7.63. The monoisotopic (exact) mass is 327 g/mol. The van der Waals surface area contributed by atoms with E-state index in [9.17, 15) is 8.42 Å². The van der Waals surface area contributed by atoms with Crippen LogP contribution in [0.3, 0.4) is 0 Å². The van der Waals surface area contributed by atoms with Gasteiger partial charge < -0.3 is 5.73 Å². The zero-order valence-electron chi connectivity index (χ0n) is 10.7. The Morgan fingerprint density at radius 3 is 2.80 bits per heavy atom. The van der Waals surface area contributed by atoms with E-state index in [1.54, 1.807) is 24.5 Å². The van der Waals surface area contributed by atoms with Gasteiger partial charge in [-0.3, -0.25) is 4.98 Å². The standard InChI is InChI=1S/C12H13N3O2S3/c1-8-6-14-5-4-9(8)7-15-20(16,17)11-3-2-10(19-11)12(13)18/h2-6,15H,7H2,1H3,(H2,13,18). The molecular formula is C12H13N3O2S3. The summed E-state index contributed by atoms with van der Waals surface area (Å²) in [7, 11) is -3.55. The molecule has 0 saturated carbocycles. The Morgan fingerprint density at radius 2 is 2.20 bits per heavy atom. The van der Waals surface area contributed by atoms with Crippen LogP contribution in [0.4, 0.5) is 0 Å². The first-order valence-electron chi connectivity index (χ1n) is 5.69. The Balaban J connectivity index is 2.15. The van der Waals surface area contributed by atoms with Gasteiger partial charge in [-0.1, -0.05) is 12.2 Å².